The van der Waals surface area contributed by atoms with Crippen molar-refractivity contribution >= 4 is 39.7 Å². The lowest BCUT2D eigenvalue weighted by Crippen LogP contribution is -2.49. The van der Waals surface area contributed by atoms with Gasteiger partial charge in [0.05, 0.1) is 11.5 Å². The molecule has 25 heavy (non-hydrogen) atoms. The van der Waals surface area contributed by atoms with Crippen molar-refractivity contribution in [2.24, 2.45) is 11.7 Å². The molecule has 0 spiro atoms. The van der Waals surface area contributed by atoms with E-state index in [2.05, 4.69) is 6.92 Å². The molecular weight excluding hydrogens is 363 g/mol. The minimum atomic E-state index is -0.308. The molecule has 2 unspecified atom stereocenters. The van der Waals surface area contributed by atoms with Crippen molar-refractivity contribution in [1.82, 2.24) is 4.90 Å². The average Bonchev–Trinajstić information content (AvgIpc) is 2.94. The molecule has 0 aliphatic carbocycles. The third kappa shape index (κ3) is 3.82. The van der Waals surface area contributed by atoms with E-state index in [1.165, 1.54) is 17.4 Å². The molecule has 1 aliphatic heterocycles. The SMILES string of the molecule is COCc1c(C(=O)N2CCC(C)CC2CN)sc2cccc(F)c12.Cl. The second-order valence-electron chi connectivity index (χ2n) is 6.47. The third-order valence-corrected chi connectivity index (χ3v) is 5.94. The Kier molecular flexibility index (Phi) is 6.79. The number of hydrogen-bond acceptors (Lipinski definition) is 4. The summed E-state index contributed by atoms with van der Waals surface area (Å²) in [6, 6.07) is 4.99. The number of piperidine rings is 1. The highest BCUT2D eigenvalue weighted by Gasteiger charge is 2.32. The first-order chi connectivity index (χ1) is 11.6. The molecule has 0 radical (unpaired) electrons. The number of nitrogens with zero attached hydrogens (tertiary/aromatic N) is 1. The quantitative estimate of drug-likeness (QED) is 0.869. The minimum absolute atomic E-state index is 0. The Hall–Kier alpha value is -1.21. The molecule has 1 amide bonds. The molecule has 2 N–H and O–H groups in total. The summed E-state index contributed by atoms with van der Waals surface area (Å²) in [6.45, 7) is 3.56. The van der Waals surface area contributed by atoms with E-state index in [1.54, 1.807) is 13.2 Å². The maximum absolute atomic E-state index is 14.3. The second-order valence-corrected chi connectivity index (χ2v) is 7.53. The van der Waals surface area contributed by atoms with Crippen LogP contribution >= 0.6 is 23.7 Å². The maximum atomic E-state index is 14.3. The van der Waals surface area contributed by atoms with Gasteiger partial charge in [-0.1, -0.05) is 13.0 Å². The molecule has 7 heteroatoms. The smallest absolute Gasteiger partial charge is 0.264 e. The van der Waals surface area contributed by atoms with Crippen molar-refractivity contribution in [1.29, 1.82) is 0 Å². The molecule has 0 saturated carbocycles. The Balaban J connectivity index is 0.00000225. The number of hydrogen-bond donors (Lipinski definition) is 1. The lowest BCUT2D eigenvalue weighted by Gasteiger charge is -2.38. The van der Waals surface area contributed by atoms with Crippen LogP contribution in [0.3, 0.4) is 0 Å². The van der Waals surface area contributed by atoms with Crippen molar-refractivity contribution < 1.29 is 13.9 Å². The minimum Gasteiger partial charge on any atom is -0.380 e. The van der Waals surface area contributed by atoms with E-state index in [-0.39, 0.29) is 36.8 Å². The highest BCUT2D eigenvalue weighted by Crippen LogP contribution is 2.35. The van der Waals surface area contributed by atoms with Gasteiger partial charge in [0.2, 0.25) is 0 Å². The molecule has 1 aromatic heterocycles. The first kappa shape index (κ1) is 20.1. The van der Waals surface area contributed by atoms with Crippen LogP contribution in [-0.4, -0.2) is 37.0 Å². The lowest BCUT2D eigenvalue weighted by atomic mass is 9.92. The Morgan fingerprint density at radius 2 is 2.24 bits per heavy atom. The van der Waals surface area contributed by atoms with Gasteiger partial charge in [-0.05, 0) is 30.9 Å². The molecule has 0 bridgehead atoms. The van der Waals surface area contributed by atoms with Crippen LogP contribution in [0.1, 0.15) is 35.0 Å². The van der Waals surface area contributed by atoms with Gasteiger partial charge in [-0.15, -0.1) is 23.7 Å². The summed E-state index contributed by atoms with van der Waals surface area (Å²) >= 11 is 1.34. The number of benzene rings is 1. The number of methoxy groups -OCH3 is 1. The Bertz CT molecular complexity index is 752. The highest BCUT2D eigenvalue weighted by molar-refractivity contribution is 7.21. The van der Waals surface area contributed by atoms with Gasteiger partial charge in [0, 0.05) is 41.9 Å². The predicted molar refractivity (Wildman–Crippen MR) is 102 cm³/mol. The van der Waals surface area contributed by atoms with Crippen LogP contribution in [0.25, 0.3) is 10.1 Å². The number of halogens is 2. The zero-order valence-corrected chi connectivity index (χ0v) is 16.1. The predicted octanol–water partition coefficient (Wildman–Crippen LogP) is 3.81. The molecule has 3 rings (SSSR count). The van der Waals surface area contributed by atoms with Gasteiger partial charge in [0.15, 0.2) is 0 Å². The number of thiophene rings is 1. The zero-order valence-electron chi connectivity index (χ0n) is 14.5. The Morgan fingerprint density at radius 3 is 2.92 bits per heavy atom. The van der Waals surface area contributed by atoms with Crippen LogP contribution in [-0.2, 0) is 11.3 Å². The van der Waals surface area contributed by atoms with Gasteiger partial charge in [-0.3, -0.25) is 4.79 Å². The molecule has 1 aromatic carbocycles. The van der Waals surface area contributed by atoms with Crippen molar-refractivity contribution in [3.63, 3.8) is 0 Å². The number of carbonyl (C=O) groups excluding carboxylic acids is 1. The fraction of sp³-hybridized carbons (Fsp3) is 0.500. The van der Waals surface area contributed by atoms with Gasteiger partial charge in [-0.2, -0.15) is 0 Å². The fourth-order valence-corrected chi connectivity index (χ4v) is 4.67. The van der Waals surface area contributed by atoms with Gasteiger partial charge in [0.1, 0.15) is 5.82 Å². The largest absolute Gasteiger partial charge is 0.380 e. The summed E-state index contributed by atoms with van der Waals surface area (Å²) in [5.41, 5.74) is 6.54. The van der Waals surface area contributed by atoms with E-state index in [1.807, 2.05) is 11.0 Å². The summed E-state index contributed by atoms with van der Waals surface area (Å²) in [7, 11) is 1.56. The summed E-state index contributed by atoms with van der Waals surface area (Å²) in [6.07, 6.45) is 1.89. The van der Waals surface area contributed by atoms with Gasteiger partial charge < -0.3 is 15.4 Å². The molecule has 2 atom stereocenters. The third-order valence-electron chi connectivity index (χ3n) is 4.76. The number of carbonyl (C=O) groups is 1. The topological polar surface area (TPSA) is 55.6 Å². The normalized spacial score (nSPS) is 20.6. The molecule has 1 fully saturated rings. The highest BCUT2D eigenvalue weighted by atomic mass is 35.5. The van der Waals surface area contributed by atoms with Crippen LogP contribution < -0.4 is 5.73 Å². The van der Waals surface area contributed by atoms with Crippen molar-refractivity contribution in [2.45, 2.75) is 32.4 Å². The monoisotopic (exact) mass is 386 g/mol. The van der Waals surface area contributed by atoms with Crippen molar-refractivity contribution in [3.05, 3.63) is 34.5 Å². The van der Waals surface area contributed by atoms with Crippen LogP contribution in [0.2, 0.25) is 0 Å². The van der Waals surface area contributed by atoms with E-state index in [4.69, 9.17) is 10.5 Å². The summed E-state index contributed by atoms with van der Waals surface area (Å²) in [4.78, 5) is 15.6. The summed E-state index contributed by atoms with van der Waals surface area (Å²) in [5, 5.41) is 0.502. The molecule has 1 saturated heterocycles. The number of fused-ring (bicyclic) bond motifs is 1. The molecule has 4 nitrogen and oxygen atoms in total. The van der Waals surface area contributed by atoms with E-state index >= 15 is 0 Å². The molecule has 138 valence electrons. The first-order valence-corrected chi connectivity index (χ1v) is 9.08. The van der Waals surface area contributed by atoms with E-state index < -0.39 is 0 Å². The number of ether oxygens (including phenoxy) is 1. The molecule has 2 aromatic rings. The molecular formula is C18H24ClFN2O2S. The molecule has 1 aliphatic rings. The van der Waals surface area contributed by atoms with E-state index in [0.717, 1.165) is 17.5 Å². The number of likely N-dealkylation sites (tertiary alicyclic amines) is 1. The van der Waals surface area contributed by atoms with Crippen LogP contribution in [0.15, 0.2) is 18.2 Å². The van der Waals surface area contributed by atoms with Crippen LogP contribution in [0.4, 0.5) is 4.39 Å². The zero-order chi connectivity index (χ0) is 17.3. The lowest BCUT2D eigenvalue weighted by molar-refractivity contribution is 0.0575. The van der Waals surface area contributed by atoms with Crippen molar-refractivity contribution in [2.75, 3.05) is 20.2 Å². The number of rotatable bonds is 4. The second kappa shape index (κ2) is 8.45. The van der Waals surface area contributed by atoms with Crippen LogP contribution in [0, 0.1) is 11.7 Å². The van der Waals surface area contributed by atoms with Crippen molar-refractivity contribution in [3.8, 4) is 0 Å². The van der Waals surface area contributed by atoms with Gasteiger partial charge in [-0.25, -0.2) is 4.39 Å². The Labute approximate surface area is 157 Å². The summed E-state index contributed by atoms with van der Waals surface area (Å²) in [5.74, 6) is 0.211. The fourth-order valence-electron chi connectivity index (χ4n) is 3.50. The number of nitrogens with two attached hydrogens (primary N) is 1. The number of amides is 1. The van der Waals surface area contributed by atoms with Crippen LogP contribution in [0.5, 0.6) is 0 Å². The maximum Gasteiger partial charge on any atom is 0.264 e. The van der Waals surface area contributed by atoms with E-state index in [9.17, 15) is 9.18 Å². The summed E-state index contributed by atoms with van der Waals surface area (Å²) < 4.78 is 20.3. The van der Waals surface area contributed by atoms with Gasteiger partial charge >= 0.3 is 0 Å². The Morgan fingerprint density at radius 1 is 1.48 bits per heavy atom. The van der Waals surface area contributed by atoms with E-state index in [0.29, 0.717) is 34.8 Å². The standard InChI is InChI=1S/C18H23FN2O2S.ClH/c1-11-6-7-21(12(8-11)9-20)18(22)17-13(10-23-2)16-14(19)4-3-5-15(16)24-17;/h3-5,11-12H,6-10,20H2,1-2H3;1H. The van der Waals surface area contributed by atoms with Gasteiger partial charge in [0.25, 0.3) is 5.91 Å². The first-order valence-electron chi connectivity index (χ1n) is 8.26. The average molecular weight is 387 g/mol. The molecule has 2 heterocycles.